The molecule has 0 bridgehead atoms. The van der Waals surface area contributed by atoms with Crippen LogP contribution in [0.5, 0.6) is 0 Å². The molecule has 0 saturated heterocycles. The van der Waals surface area contributed by atoms with Gasteiger partial charge in [0.1, 0.15) is 0 Å². The Hall–Kier alpha value is -2.80. The summed E-state index contributed by atoms with van der Waals surface area (Å²) in [6.07, 6.45) is 3.46. The van der Waals surface area contributed by atoms with Gasteiger partial charge >= 0.3 is 0 Å². The second-order valence-corrected chi connectivity index (χ2v) is 7.92. The maximum atomic E-state index is 12.1. The van der Waals surface area contributed by atoms with Crippen LogP contribution in [0, 0.1) is 0 Å². The molecule has 1 heterocycles. The molecule has 136 valence electrons. The molecule has 26 heavy (non-hydrogen) atoms. The van der Waals surface area contributed by atoms with Crippen LogP contribution in [0.15, 0.2) is 60.8 Å². The number of hydrogen-bond donors (Lipinski definition) is 2. The smallest absolute Gasteiger partial charge is 0.229 e. The summed E-state index contributed by atoms with van der Waals surface area (Å²) in [4.78, 5) is 12.1. The van der Waals surface area contributed by atoms with E-state index in [1.165, 1.54) is 0 Å². The number of anilines is 1. The molecule has 0 spiro atoms. The normalized spacial score (nSPS) is 11.4. The Balaban J connectivity index is 1.53. The molecule has 3 aromatic rings. The van der Waals surface area contributed by atoms with Crippen LogP contribution >= 0.6 is 0 Å². The van der Waals surface area contributed by atoms with Gasteiger partial charge in [-0.2, -0.15) is 0 Å². The van der Waals surface area contributed by atoms with Crippen LogP contribution in [0.1, 0.15) is 12.0 Å². The number of fused-ring (bicyclic) bond motifs is 1. The molecule has 0 radical (unpaired) electrons. The van der Waals surface area contributed by atoms with E-state index < -0.39 is 10.0 Å². The number of benzene rings is 2. The number of sulfonamides is 1. The Morgan fingerprint density at radius 1 is 1.08 bits per heavy atom. The fourth-order valence-electron chi connectivity index (χ4n) is 2.81. The summed E-state index contributed by atoms with van der Waals surface area (Å²) in [6, 6.07) is 17.1. The van der Waals surface area contributed by atoms with Crippen molar-refractivity contribution in [3.8, 4) is 0 Å². The first-order valence-electron chi connectivity index (χ1n) is 8.28. The molecule has 1 aromatic heterocycles. The van der Waals surface area contributed by atoms with Crippen LogP contribution in [0.2, 0.25) is 0 Å². The number of aryl methyl sites for hydroxylation is 1. The van der Waals surface area contributed by atoms with Gasteiger partial charge < -0.3 is 9.88 Å². The lowest BCUT2D eigenvalue weighted by Crippen LogP contribution is -2.23. The summed E-state index contributed by atoms with van der Waals surface area (Å²) in [5.41, 5.74) is 2.43. The summed E-state index contributed by atoms with van der Waals surface area (Å²) < 4.78 is 27.1. The molecular formula is C19H21N3O3S. The summed E-state index contributed by atoms with van der Waals surface area (Å²) in [6.45, 7) is 0.958. The summed E-state index contributed by atoms with van der Waals surface area (Å²) >= 11 is 0. The lowest BCUT2D eigenvalue weighted by Gasteiger charge is -2.09. The van der Waals surface area contributed by atoms with Gasteiger partial charge in [-0.25, -0.2) is 8.42 Å². The second-order valence-electron chi connectivity index (χ2n) is 6.17. The molecule has 0 unspecified atom stereocenters. The Labute approximate surface area is 152 Å². The number of para-hydroxylation sites is 1. The molecule has 0 aliphatic carbocycles. The Bertz CT molecular complexity index is 1030. The standard InChI is InChI=1S/C19H21N3O3S/c1-26(24,25)21-17-7-4-5-15(13-17)14-20-19(23)10-12-22-11-9-16-6-2-3-8-18(16)22/h2-9,11,13,21H,10,12,14H2,1H3,(H,20,23). The van der Waals surface area contributed by atoms with Crippen LogP contribution < -0.4 is 10.0 Å². The zero-order chi connectivity index (χ0) is 18.6. The molecule has 3 rings (SSSR count). The summed E-state index contributed by atoms with van der Waals surface area (Å²) in [5, 5.41) is 4.03. The van der Waals surface area contributed by atoms with Gasteiger partial charge in [0.25, 0.3) is 0 Å². The third kappa shape index (κ3) is 4.86. The van der Waals surface area contributed by atoms with Gasteiger partial charge in [0, 0.05) is 36.9 Å². The molecule has 0 atom stereocenters. The average Bonchev–Trinajstić information content (AvgIpc) is 3.00. The quantitative estimate of drug-likeness (QED) is 0.670. The minimum atomic E-state index is -3.32. The van der Waals surface area contributed by atoms with Crippen LogP contribution in [0.4, 0.5) is 5.69 Å². The molecule has 6 nitrogen and oxygen atoms in total. The first kappa shape index (κ1) is 18.0. The van der Waals surface area contributed by atoms with E-state index in [4.69, 9.17) is 0 Å². The van der Waals surface area contributed by atoms with Gasteiger partial charge in [-0.15, -0.1) is 0 Å². The van der Waals surface area contributed by atoms with Crippen LogP contribution in [-0.2, 0) is 27.9 Å². The monoisotopic (exact) mass is 371 g/mol. The SMILES string of the molecule is CS(=O)(=O)Nc1cccc(CNC(=O)CCn2ccc3ccccc32)c1. The van der Waals surface area contributed by atoms with Crippen molar-refractivity contribution in [1.29, 1.82) is 0 Å². The molecule has 0 saturated carbocycles. The zero-order valence-corrected chi connectivity index (χ0v) is 15.3. The van der Waals surface area contributed by atoms with Crippen molar-refractivity contribution in [3.05, 3.63) is 66.4 Å². The highest BCUT2D eigenvalue weighted by molar-refractivity contribution is 7.92. The third-order valence-corrected chi connectivity index (χ3v) is 4.59. The van der Waals surface area contributed by atoms with E-state index in [0.717, 1.165) is 22.7 Å². The number of nitrogens with one attached hydrogen (secondary N) is 2. The fraction of sp³-hybridized carbons (Fsp3) is 0.211. The Morgan fingerprint density at radius 2 is 1.88 bits per heavy atom. The molecule has 0 aliphatic heterocycles. The first-order chi connectivity index (χ1) is 12.4. The molecular weight excluding hydrogens is 350 g/mol. The van der Waals surface area contributed by atoms with Crippen LogP contribution in [0.3, 0.4) is 0 Å². The van der Waals surface area contributed by atoms with Crippen molar-refractivity contribution in [2.75, 3.05) is 11.0 Å². The average molecular weight is 371 g/mol. The van der Waals surface area contributed by atoms with Crippen molar-refractivity contribution in [3.63, 3.8) is 0 Å². The fourth-order valence-corrected chi connectivity index (χ4v) is 3.36. The number of carbonyl (C=O) groups excluding carboxylic acids is 1. The van der Waals surface area contributed by atoms with Crippen molar-refractivity contribution in [1.82, 2.24) is 9.88 Å². The highest BCUT2D eigenvalue weighted by atomic mass is 32.2. The molecule has 0 fully saturated rings. The van der Waals surface area contributed by atoms with Gasteiger partial charge in [0.05, 0.1) is 6.26 Å². The van der Waals surface area contributed by atoms with E-state index in [1.54, 1.807) is 18.2 Å². The molecule has 1 amide bonds. The van der Waals surface area contributed by atoms with Gasteiger partial charge in [-0.05, 0) is 35.2 Å². The van der Waals surface area contributed by atoms with Crippen molar-refractivity contribution >= 4 is 32.5 Å². The predicted molar refractivity (Wildman–Crippen MR) is 103 cm³/mol. The molecule has 7 heteroatoms. The highest BCUT2D eigenvalue weighted by Gasteiger charge is 2.06. The van der Waals surface area contributed by atoms with E-state index in [-0.39, 0.29) is 5.91 Å². The zero-order valence-electron chi connectivity index (χ0n) is 14.5. The minimum absolute atomic E-state index is 0.0516. The van der Waals surface area contributed by atoms with Crippen molar-refractivity contribution < 1.29 is 13.2 Å². The maximum absolute atomic E-state index is 12.1. The summed E-state index contributed by atoms with van der Waals surface area (Å²) in [7, 11) is -3.32. The number of nitrogens with zero attached hydrogens (tertiary/aromatic N) is 1. The van der Waals surface area contributed by atoms with Gasteiger partial charge in [-0.3, -0.25) is 9.52 Å². The van der Waals surface area contributed by atoms with Gasteiger partial charge in [-0.1, -0.05) is 30.3 Å². The second kappa shape index (κ2) is 7.61. The van der Waals surface area contributed by atoms with E-state index >= 15 is 0 Å². The minimum Gasteiger partial charge on any atom is -0.352 e. The van der Waals surface area contributed by atoms with Crippen molar-refractivity contribution in [2.24, 2.45) is 0 Å². The van der Waals surface area contributed by atoms with E-state index in [0.29, 0.717) is 25.2 Å². The highest BCUT2D eigenvalue weighted by Crippen LogP contribution is 2.15. The van der Waals surface area contributed by atoms with E-state index in [1.807, 2.05) is 42.6 Å². The maximum Gasteiger partial charge on any atom is 0.229 e. The number of amides is 1. The van der Waals surface area contributed by atoms with Gasteiger partial charge in [0.15, 0.2) is 0 Å². The predicted octanol–water partition coefficient (Wildman–Crippen LogP) is 2.72. The largest absolute Gasteiger partial charge is 0.352 e. The van der Waals surface area contributed by atoms with E-state index in [2.05, 4.69) is 14.6 Å². The van der Waals surface area contributed by atoms with Crippen molar-refractivity contribution in [2.45, 2.75) is 19.5 Å². The first-order valence-corrected chi connectivity index (χ1v) is 10.2. The lowest BCUT2D eigenvalue weighted by atomic mass is 10.2. The lowest BCUT2D eigenvalue weighted by molar-refractivity contribution is -0.121. The van der Waals surface area contributed by atoms with Crippen LogP contribution in [0.25, 0.3) is 10.9 Å². The number of aromatic nitrogens is 1. The summed E-state index contributed by atoms with van der Waals surface area (Å²) in [5.74, 6) is -0.0516. The number of rotatable bonds is 7. The Kier molecular flexibility index (Phi) is 5.27. The number of carbonyl (C=O) groups is 1. The van der Waals surface area contributed by atoms with Gasteiger partial charge in [0.2, 0.25) is 15.9 Å². The van der Waals surface area contributed by atoms with E-state index in [9.17, 15) is 13.2 Å². The topological polar surface area (TPSA) is 80.2 Å². The molecule has 0 aliphatic rings. The van der Waals surface area contributed by atoms with Crippen LogP contribution in [-0.4, -0.2) is 25.1 Å². The molecule has 2 N–H and O–H groups in total. The third-order valence-electron chi connectivity index (χ3n) is 3.98. The molecule has 2 aromatic carbocycles. The number of hydrogen-bond acceptors (Lipinski definition) is 3. The Morgan fingerprint density at radius 3 is 2.69 bits per heavy atom.